The van der Waals surface area contributed by atoms with Crippen molar-refractivity contribution in [3.8, 4) is 16.9 Å². The average molecular weight is 393 g/mol. The standard InChI is InChI=1S/C20H19N5O2S/c1-3-9-24-10-15(18(26)22-20-21-13(2)12-28-20)17-16(11-24)19(27)25(23-17)14-7-5-4-6-8-14/h4-8,10-12H,3,9H2,1-2H3,(H,21,22,26). The number of aryl methyl sites for hydroxylation is 2. The highest BCUT2D eigenvalue weighted by Crippen LogP contribution is 2.24. The lowest BCUT2D eigenvalue weighted by Gasteiger charge is -2.11. The van der Waals surface area contributed by atoms with Gasteiger partial charge in [0.1, 0.15) is 5.69 Å². The van der Waals surface area contributed by atoms with Crippen LogP contribution in [0.25, 0.3) is 16.9 Å². The van der Waals surface area contributed by atoms with Gasteiger partial charge in [0.2, 0.25) is 0 Å². The van der Waals surface area contributed by atoms with Gasteiger partial charge in [-0.25, -0.2) is 4.98 Å². The number of amides is 1. The number of hydrogen-bond acceptors (Lipinski definition) is 5. The molecule has 0 radical (unpaired) electrons. The number of pyridine rings is 1. The summed E-state index contributed by atoms with van der Waals surface area (Å²) in [5.74, 6) is -0.331. The summed E-state index contributed by atoms with van der Waals surface area (Å²) in [7, 11) is 0. The number of thiazole rings is 1. The van der Waals surface area contributed by atoms with Crippen LogP contribution in [0.5, 0.6) is 0 Å². The van der Waals surface area contributed by atoms with Crippen molar-refractivity contribution < 1.29 is 4.79 Å². The molecule has 1 N–H and O–H groups in total. The molecule has 1 aromatic carbocycles. The molecule has 8 heteroatoms. The number of anilines is 1. The van der Waals surface area contributed by atoms with Crippen LogP contribution < -0.4 is 10.9 Å². The zero-order chi connectivity index (χ0) is 19.7. The van der Waals surface area contributed by atoms with Crippen LogP contribution in [0.15, 0.2) is 52.9 Å². The first-order valence-corrected chi connectivity index (χ1v) is 9.86. The smallest absolute Gasteiger partial charge is 0.282 e. The zero-order valence-corrected chi connectivity index (χ0v) is 16.4. The molecule has 7 nitrogen and oxygen atoms in total. The number of benzene rings is 1. The van der Waals surface area contributed by atoms with E-state index in [0.29, 0.717) is 34.2 Å². The molecular weight excluding hydrogens is 374 g/mol. The minimum atomic E-state index is -0.331. The first-order valence-electron chi connectivity index (χ1n) is 8.98. The SMILES string of the molecule is CCCn1cc(C(=O)Nc2nc(C)cs2)c2nn(-c3ccccc3)c(=O)c-2c1. The molecule has 4 rings (SSSR count). The maximum atomic E-state index is 13.0. The molecule has 0 unspecified atom stereocenters. The maximum Gasteiger partial charge on any atom is 0.282 e. The monoisotopic (exact) mass is 393 g/mol. The van der Waals surface area contributed by atoms with E-state index in [2.05, 4.69) is 15.4 Å². The Kier molecular flexibility index (Phi) is 4.79. The molecule has 1 aromatic heterocycles. The van der Waals surface area contributed by atoms with E-state index in [1.807, 2.05) is 54.1 Å². The second kappa shape index (κ2) is 7.40. The number of carbonyl (C=O) groups is 1. The molecule has 2 aliphatic heterocycles. The quantitative estimate of drug-likeness (QED) is 0.562. The topological polar surface area (TPSA) is 81.8 Å². The summed E-state index contributed by atoms with van der Waals surface area (Å²) in [4.78, 5) is 30.2. The predicted molar refractivity (Wildman–Crippen MR) is 110 cm³/mol. The molecule has 2 aliphatic rings. The summed E-state index contributed by atoms with van der Waals surface area (Å²) in [6.45, 7) is 4.61. The third-order valence-electron chi connectivity index (χ3n) is 4.29. The van der Waals surface area contributed by atoms with Crippen molar-refractivity contribution in [2.45, 2.75) is 26.8 Å². The van der Waals surface area contributed by atoms with Crippen molar-refractivity contribution in [1.29, 1.82) is 0 Å². The summed E-state index contributed by atoms with van der Waals surface area (Å²) in [6, 6.07) is 9.19. The number of carbonyl (C=O) groups excluding carboxylic acids is 1. The molecule has 142 valence electrons. The lowest BCUT2D eigenvalue weighted by atomic mass is 10.1. The molecular formula is C20H19N5O2S. The van der Waals surface area contributed by atoms with Gasteiger partial charge < -0.3 is 4.57 Å². The molecule has 0 bridgehead atoms. The molecule has 0 aliphatic carbocycles. The maximum absolute atomic E-state index is 13.0. The second-order valence-electron chi connectivity index (χ2n) is 6.47. The highest BCUT2D eigenvalue weighted by Gasteiger charge is 2.24. The summed E-state index contributed by atoms with van der Waals surface area (Å²) in [5, 5.41) is 9.67. The molecule has 0 atom stereocenters. The van der Waals surface area contributed by atoms with E-state index in [-0.39, 0.29) is 11.5 Å². The minimum absolute atomic E-state index is 0.245. The van der Waals surface area contributed by atoms with Crippen LogP contribution in [0.4, 0.5) is 5.13 Å². The number of nitrogens with one attached hydrogen (secondary N) is 1. The van der Waals surface area contributed by atoms with Crippen molar-refractivity contribution in [3.63, 3.8) is 0 Å². The van der Waals surface area contributed by atoms with E-state index < -0.39 is 0 Å². The molecule has 28 heavy (non-hydrogen) atoms. The Bertz CT molecular complexity index is 1160. The first-order chi connectivity index (χ1) is 13.6. The number of hydrogen-bond donors (Lipinski definition) is 1. The Morgan fingerprint density at radius 1 is 1.21 bits per heavy atom. The predicted octanol–water partition coefficient (Wildman–Crippen LogP) is 3.57. The summed E-state index contributed by atoms with van der Waals surface area (Å²) >= 11 is 1.36. The van der Waals surface area contributed by atoms with Crippen LogP contribution in [-0.2, 0) is 6.54 Å². The number of aromatic nitrogens is 4. The van der Waals surface area contributed by atoms with Gasteiger partial charge in [-0.15, -0.1) is 11.3 Å². The van der Waals surface area contributed by atoms with Crippen LogP contribution in [0.2, 0.25) is 0 Å². The Balaban J connectivity index is 1.84. The lowest BCUT2D eigenvalue weighted by molar-refractivity contribution is 0.102. The average Bonchev–Trinajstić information content (AvgIpc) is 3.25. The van der Waals surface area contributed by atoms with Gasteiger partial charge in [-0.3, -0.25) is 14.9 Å². The van der Waals surface area contributed by atoms with Crippen LogP contribution in [-0.4, -0.2) is 25.2 Å². The van der Waals surface area contributed by atoms with Crippen molar-refractivity contribution in [2.24, 2.45) is 0 Å². The first kappa shape index (κ1) is 18.1. The molecule has 0 saturated heterocycles. The molecule has 0 fully saturated rings. The largest absolute Gasteiger partial charge is 0.353 e. The number of nitrogens with zero attached hydrogens (tertiary/aromatic N) is 4. The fraction of sp³-hybridized carbons (Fsp3) is 0.200. The Morgan fingerprint density at radius 2 is 2.00 bits per heavy atom. The third kappa shape index (κ3) is 3.34. The number of fused-ring (bicyclic) bond motifs is 1. The Morgan fingerprint density at radius 3 is 2.68 bits per heavy atom. The minimum Gasteiger partial charge on any atom is -0.353 e. The van der Waals surface area contributed by atoms with Gasteiger partial charge in [-0.05, 0) is 25.5 Å². The van der Waals surface area contributed by atoms with Crippen molar-refractivity contribution in [2.75, 3.05) is 5.32 Å². The van der Waals surface area contributed by atoms with Gasteiger partial charge in [-0.1, -0.05) is 25.1 Å². The van der Waals surface area contributed by atoms with Crippen LogP contribution in [0, 0.1) is 6.92 Å². The highest BCUT2D eigenvalue weighted by atomic mass is 32.1. The molecule has 3 heterocycles. The van der Waals surface area contributed by atoms with Gasteiger partial charge >= 0.3 is 0 Å². The fourth-order valence-electron chi connectivity index (χ4n) is 3.03. The molecule has 2 aromatic rings. The van der Waals surface area contributed by atoms with Crippen molar-refractivity contribution >= 4 is 22.4 Å². The van der Waals surface area contributed by atoms with Gasteiger partial charge in [0, 0.05) is 24.3 Å². The van der Waals surface area contributed by atoms with Gasteiger partial charge in [0.25, 0.3) is 11.5 Å². The fourth-order valence-corrected chi connectivity index (χ4v) is 3.72. The highest BCUT2D eigenvalue weighted by molar-refractivity contribution is 7.13. The van der Waals surface area contributed by atoms with Gasteiger partial charge in [0.05, 0.1) is 22.5 Å². The van der Waals surface area contributed by atoms with E-state index in [4.69, 9.17) is 0 Å². The Labute approximate surface area is 165 Å². The zero-order valence-electron chi connectivity index (χ0n) is 15.5. The number of para-hydroxylation sites is 1. The molecule has 0 spiro atoms. The molecule has 0 saturated carbocycles. The van der Waals surface area contributed by atoms with E-state index in [9.17, 15) is 9.59 Å². The van der Waals surface area contributed by atoms with Crippen LogP contribution in [0.3, 0.4) is 0 Å². The van der Waals surface area contributed by atoms with Crippen molar-refractivity contribution in [1.82, 2.24) is 19.3 Å². The molecule has 1 amide bonds. The van der Waals surface area contributed by atoms with Crippen molar-refractivity contribution in [3.05, 3.63) is 69.7 Å². The van der Waals surface area contributed by atoms with E-state index >= 15 is 0 Å². The van der Waals surface area contributed by atoms with Crippen LogP contribution >= 0.6 is 11.3 Å². The summed E-state index contributed by atoms with van der Waals surface area (Å²) in [5.41, 5.74) is 2.41. The van der Waals surface area contributed by atoms with Gasteiger partial charge in [0.15, 0.2) is 5.13 Å². The second-order valence-corrected chi connectivity index (χ2v) is 7.33. The Hall–Kier alpha value is -3.26. The lowest BCUT2D eigenvalue weighted by Crippen LogP contribution is -2.17. The van der Waals surface area contributed by atoms with Gasteiger partial charge in [-0.2, -0.15) is 9.78 Å². The summed E-state index contributed by atoms with van der Waals surface area (Å²) in [6.07, 6.45) is 4.38. The van der Waals surface area contributed by atoms with E-state index in [0.717, 1.165) is 12.1 Å². The number of rotatable bonds is 5. The normalized spacial score (nSPS) is 11.1. The van der Waals surface area contributed by atoms with Crippen LogP contribution in [0.1, 0.15) is 29.4 Å². The van der Waals surface area contributed by atoms with E-state index in [1.54, 1.807) is 12.4 Å². The van der Waals surface area contributed by atoms with E-state index in [1.165, 1.54) is 16.0 Å². The third-order valence-corrected chi connectivity index (χ3v) is 5.17. The summed E-state index contributed by atoms with van der Waals surface area (Å²) < 4.78 is 3.20.